The molecule has 0 aliphatic carbocycles. The van der Waals surface area contributed by atoms with E-state index in [0.29, 0.717) is 12.8 Å². The maximum Gasteiger partial charge on any atom is 0.326 e. The van der Waals surface area contributed by atoms with Crippen LogP contribution in [0.25, 0.3) is 0 Å². The highest BCUT2D eigenvalue weighted by molar-refractivity contribution is 5.94. The van der Waals surface area contributed by atoms with Crippen molar-refractivity contribution in [3.63, 3.8) is 0 Å². The van der Waals surface area contributed by atoms with E-state index in [0.717, 1.165) is 5.56 Å². The summed E-state index contributed by atoms with van der Waals surface area (Å²) in [6, 6.07) is 5.03. The van der Waals surface area contributed by atoms with E-state index in [-0.39, 0.29) is 25.8 Å². The third kappa shape index (κ3) is 7.56. The number of nitrogens with one attached hydrogen (secondary N) is 2. The maximum absolute atomic E-state index is 13.2. The summed E-state index contributed by atoms with van der Waals surface area (Å²) in [7, 11) is 0. The summed E-state index contributed by atoms with van der Waals surface area (Å²) in [6.07, 6.45) is 1.04. The number of carboxylic acids is 1. The second-order valence-corrected chi connectivity index (χ2v) is 8.12. The molecule has 1 aromatic carbocycles. The van der Waals surface area contributed by atoms with Gasteiger partial charge >= 0.3 is 5.97 Å². The van der Waals surface area contributed by atoms with E-state index in [4.69, 9.17) is 11.5 Å². The standard InChI is InChI=1S/C22H31N5O6/c1-13(25-20(30)15(23)9-10-18(24)28)19(29)26-16(12-14-6-3-2-4-7-14)21(31)27-11-5-8-17(27)22(32)33/h2-4,6-7,13,15-17H,5,8-12,23H2,1H3,(H2,24,28)(H,25,30)(H,26,29)(H,32,33)/t13-,15-,16-,17-/m0/s1. The zero-order valence-corrected chi connectivity index (χ0v) is 18.5. The minimum absolute atomic E-state index is 0.0379. The van der Waals surface area contributed by atoms with Crippen molar-refractivity contribution < 1.29 is 29.1 Å². The van der Waals surface area contributed by atoms with Crippen LogP contribution < -0.4 is 22.1 Å². The monoisotopic (exact) mass is 461 g/mol. The van der Waals surface area contributed by atoms with E-state index >= 15 is 0 Å². The number of benzene rings is 1. The molecule has 1 aliphatic rings. The van der Waals surface area contributed by atoms with E-state index in [9.17, 15) is 29.1 Å². The van der Waals surface area contributed by atoms with Crippen molar-refractivity contribution in [1.29, 1.82) is 0 Å². The van der Waals surface area contributed by atoms with Crippen LogP contribution in [0.5, 0.6) is 0 Å². The van der Waals surface area contributed by atoms with Gasteiger partial charge < -0.3 is 32.1 Å². The molecule has 2 rings (SSSR count). The van der Waals surface area contributed by atoms with Gasteiger partial charge in [-0.2, -0.15) is 0 Å². The Morgan fingerprint density at radius 1 is 1.12 bits per heavy atom. The van der Waals surface area contributed by atoms with Crippen molar-refractivity contribution >= 4 is 29.6 Å². The van der Waals surface area contributed by atoms with Gasteiger partial charge in [0.05, 0.1) is 6.04 Å². The molecule has 0 aromatic heterocycles. The average molecular weight is 462 g/mol. The van der Waals surface area contributed by atoms with Gasteiger partial charge in [0, 0.05) is 19.4 Å². The summed E-state index contributed by atoms with van der Waals surface area (Å²) in [5, 5.41) is 14.5. The number of likely N-dealkylation sites (tertiary alicyclic amines) is 1. The lowest BCUT2D eigenvalue weighted by atomic mass is 10.0. The van der Waals surface area contributed by atoms with Crippen LogP contribution in [0.1, 0.15) is 38.2 Å². The molecule has 33 heavy (non-hydrogen) atoms. The molecule has 1 aliphatic heterocycles. The quantitative estimate of drug-likeness (QED) is 0.276. The normalized spacial score (nSPS) is 18.1. The van der Waals surface area contributed by atoms with Gasteiger partial charge in [0.2, 0.25) is 23.6 Å². The Morgan fingerprint density at radius 3 is 2.39 bits per heavy atom. The fourth-order valence-corrected chi connectivity index (χ4v) is 3.65. The SMILES string of the molecule is C[C@H](NC(=O)[C@@H](N)CCC(N)=O)C(=O)N[C@@H](Cc1ccccc1)C(=O)N1CCC[C@H]1C(=O)O. The lowest BCUT2D eigenvalue weighted by molar-refractivity contribution is -0.149. The van der Waals surface area contributed by atoms with Crippen LogP contribution in [0.4, 0.5) is 0 Å². The van der Waals surface area contributed by atoms with Crippen LogP contribution in [0.2, 0.25) is 0 Å². The molecule has 0 saturated carbocycles. The molecule has 1 heterocycles. The number of amides is 4. The van der Waals surface area contributed by atoms with Gasteiger partial charge in [-0.05, 0) is 31.7 Å². The first-order chi connectivity index (χ1) is 15.6. The molecule has 0 unspecified atom stereocenters. The zero-order valence-electron chi connectivity index (χ0n) is 18.5. The predicted octanol–water partition coefficient (Wildman–Crippen LogP) is -1.11. The highest BCUT2D eigenvalue weighted by atomic mass is 16.4. The van der Waals surface area contributed by atoms with Crippen LogP contribution in [-0.2, 0) is 30.4 Å². The van der Waals surface area contributed by atoms with E-state index in [1.807, 2.05) is 6.07 Å². The molecular formula is C22H31N5O6. The molecular weight excluding hydrogens is 430 g/mol. The molecule has 180 valence electrons. The summed E-state index contributed by atoms with van der Waals surface area (Å²) < 4.78 is 0. The predicted molar refractivity (Wildman–Crippen MR) is 118 cm³/mol. The number of nitrogens with two attached hydrogens (primary N) is 2. The van der Waals surface area contributed by atoms with Crippen molar-refractivity contribution in [3.05, 3.63) is 35.9 Å². The highest BCUT2D eigenvalue weighted by Crippen LogP contribution is 2.19. The number of carbonyl (C=O) groups excluding carboxylic acids is 4. The summed E-state index contributed by atoms with van der Waals surface area (Å²) >= 11 is 0. The molecule has 0 bridgehead atoms. The molecule has 7 N–H and O–H groups in total. The van der Waals surface area contributed by atoms with Gasteiger partial charge in [-0.15, -0.1) is 0 Å². The Bertz CT molecular complexity index is 877. The smallest absolute Gasteiger partial charge is 0.326 e. The molecule has 0 radical (unpaired) electrons. The molecule has 4 amide bonds. The first-order valence-corrected chi connectivity index (χ1v) is 10.8. The fraction of sp³-hybridized carbons (Fsp3) is 0.500. The largest absolute Gasteiger partial charge is 0.480 e. The number of carboxylic acid groups (broad SMARTS) is 1. The molecule has 1 saturated heterocycles. The molecule has 1 aromatic rings. The topological polar surface area (TPSA) is 185 Å². The van der Waals surface area contributed by atoms with Crippen molar-refractivity contribution in [2.45, 2.75) is 63.2 Å². The molecule has 11 heteroatoms. The van der Waals surface area contributed by atoms with E-state index in [1.165, 1.54) is 11.8 Å². The number of rotatable bonds is 11. The number of hydrogen-bond donors (Lipinski definition) is 5. The third-order valence-electron chi connectivity index (χ3n) is 5.51. The minimum atomic E-state index is -1.09. The molecule has 11 nitrogen and oxygen atoms in total. The lowest BCUT2D eigenvalue weighted by Crippen LogP contribution is -2.57. The second kappa shape index (κ2) is 12.0. The average Bonchev–Trinajstić information content (AvgIpc) is 3.27. The van der Waals surface area contributed by atoms with Crippen molar-refractivity contribution in [2.75, 3.05) is 6.54 Å². The number of carbonyl (C=O) groups is 5. The fourth-order valence-electron chi connectivity index (χ4n) is 3.65. The van der Waals surface area contributed by atoms with Crippen LogP contribution in [0.15, 0.2) is 30.3 Å². The first kappa shape index (κ1) is 25.8. The molecule has 0 spiro atoms. The summed E-state index contributed by atoms with van der Waals surface area (Å²) in [4.78, 5) is 61.9. The second-order valence-electron chi connectivity index (χ2n) is 8.12. The summed E-state index contributed by atoms with van der Waals surface area (Å²) in [6.45, 7) is 1.73. The lowest BCUT2D eigenvalue weighted by Gasteiger charge is -2.28. The number of primary amides is 1. The summed E-state index contributed by atoms with van der Waals surface area (Å²) in [5.41, 5.74) is 11.6. The molecule has 1 fully saturated rings. The number of nitrogens with zero attached hydrogens (tertiary/aromatic N) is 1. The number of aliphatic carboxylic acids is 1. The Morgan fingerprint density at radius 2 is 1.79 bits per heavy atom. The van der Waals surface area contributed by atoms with E-state index in [1.54, 1.807) is 24.3 Å². The van der Waals surface area contributed by atoms with Gasteiger partial charge in [-0.3, -0.25) is 19.2 Å². The van der Waals surface area contributed by atoms with E-state index < -0.39 is 53.8 Å². The summed E-state index contributed by atoms with van der Waals surface area (Å²) in [5.74, 6) is -3.42. The Kier molecular flexibility index (Phi) is 9.34. The Labute approximate surface area is 191 Å². The van der Waals surface area contributed by atoms with Crippen molar-refractivity contribution in [3.8, 4) is 0 Å². The van der Waals surface area contributed by atoms with Crippen LogP contribution in [-0.4, -0.2) is 70.3 Å². The molecule has 4 atom stereocenters. The maximum atomic E-state index is 13.2. The van der Waals surface area contributed by atoms with Crippen LogP contribution in [0.3, 0.4) is 0 Å². The van der Waals surface area contributed by atoms with E-state index in [2.05, 4.69) is 10.6 Å². The Balaban J connectivity index is 2.09. The highest BCUT2D eigenvalue weighted by Gasteiger charge is 2.38. The first-order valence-electron chi connectivity index (χ1n) is 10.8. The van der Waals surface area contributed by atoms with Gasteiger partial charge in [0.15, 0.2) is 0 Å². The zero-order chi connectivity index (χ0) is 24.5. The van der Waals surface area contributed by atoms with Gasteiger partial charge in [0.25, 0.3) is 0 Å². The third-order valence-corrected chi connectivity index (χ3v) is 5.51. The van der Waals surface area contributed by atoms with Gasteiger partial charge in [-0.25, -0.2) is 4.79 Å². The number of hydrogen-bond acceptors (Lipinski definition) is 6. The van der Waals surface area contributed by atoms with Gasteiger partial charge in [0.1, 0.15) is 18.1 Å². The van der Waals surface area contributed by atoms with Crippen molar-refractivity contribution in [1.82, 2.24) is 15.5 Å². The minimum Gasteiger partial charge on any atom is -0.480 e. The van der Waals surface area contributed by atoms with Crippen LogP contribution in [0, 0.1) is 0 Å². The van der Waals surface area contributed by atoms with Crippen molar-refractivity contribution in [2.24, 2.45) is 11.5 Å². The van der Waals surface area contributed by atoms with Gasteiger partial charge in [-0.1, -0.05) is 30.3 Å². The Hall–Kier alpha value is -3.47. The van der Waals surface area contributed by atoms with Crippen LogP contribution >= 0.6 is 0 Å².